The molecule has 0 spiro atoms. The summed E-state index contributed by atoms with van der Waals surface area (Å²) >= 11 is 0. The number of hydrogen-bond donors (Lipinski definition) is 1. The van der Waals surface area contributed by atoms with Crippen molar-refractivity contribution in [1.82, 2.24) is 4.57 Å². The minimum Gasteiger partial charge on any atom is -0.340 e. The molecule has 0 aliphatic carbocycles. The fraction of sp³-hybridized carbons (Fsp3) is 0.118. The predicted molar refractivity (Wildman–Crippen MR) is 82.1 cm³/mol. The maximum atomic E-state index is 12.4. The highest BCUT2D eigenvalue weighted by Crippen LogP contribution is 2.20. The van der Waals surface area contributed by atoms with E-state index in [0.29, 0.717) is 5.69 Å². The molecule has 1 amide bonds. The third-order valence-corrected chi connectivity index (χ3v) is 3.58. The van der Waals surface area contributed by atoms with Gasteiger partial charge in [0.05, 0.1) is 0 Å². The highest BCUT2D eigenvalue weighted by Gasteiger charge is 2.13. The SMILES string of the molecule is Cc1ccccc1NC(=O)c1cc2ccccc2n1C. The summed E-state index contributed by atoms with van der Waals surface area (Å²) in [5.41, 5.74) is 3.62. The monoisotopic (exact) mass is 264 g/mol. The smallest absolute Gasteiger partial charge is 0.272 e. The number of benzene rings is 2. The molecule has 3 nitrogen and oxygen atoms in total. The van der Waals surface area contributed by atoms with E-state index in [2.05, 4.69) is 5.32 Å². The molecule has 0 aliphatic heterocycles. The summed E-state index contributed by atoms with van der Waals surface area (Å²) in [5, 5.41) is 4.04. The van der Waals surface area contributed by atoms with Gasteiger partial charge < -0.3 is 9.88 Å². The Hall–Kier alpha value is -2.55. The Balaban J connectivity index is 1.97. The summed E-state index contributed by atoms with van der Waals surface area (Å²) in [5.74, 6) is -0.0852. The Kier molecular flexibility index (Phi) is 3.03. The number of rotatable bonds is 2. The Morgan fingerprint density at radius 3 is 2.50 bits per heavy atom. The van der Waals surface area contributed by atoms with Crippen LogP contribution in [-0.2, 0) is 7.05 Å². The van der Waals surface area contributed by atoms with Crippen LogP contribution in [0.3, 0.4) is 0 Å². The molecule has 0 fully saturated rings. The third-order valence-electron chi connectivity index (χ3n) is 3.58. The van der Waals surface area contributed by atoms with Crippen molar-refractivity contribution in [2.45, 2.75) is 6.92 Å². The highest BCUT2D eigenvalue weighted by molar-refractivity contribution is 6.06. The summed E-state index contributed by atoms with van der Waals surface area (Å²) in [6, 6.07) is 17.7. The number of nitrogens with one attached hydrogen (secondary N) is 1. The lowest BCUT2D eigenvalue weighted by Gasteiger charge is -2.08. The maximum Gasteiger partial charge on any atom is 0.272 e. The average Bonchev–Trinajstić information content (AvgIpc) is 2.79. The molecule has 0 saturated heterocycles. The van der Waals surface area contributed by atoms with Gasteiger partial charge in [-0.1, -0.05) is 36.4 Å². The standard InChI is InChI=1S/C17H16N2O/c1-12-7-3-5-9-14(12)18-17(20)16-11-13-8-4-6-10-15(13)19(16)2/h3-11H,1-2H3,(H,18,20). The second kappa shape index (κ2) is 4.85. The van der Waals surface area contributed by atoms with Gasteiger partial charge in [0.25, 0.3) is 5.91 Å². The average molecular weight is 264 g/mol. The van der Waals surface area contributed by atoms with Gasteiger partial charge in [-0.15, -0.1) is 0 Å². The summed E-state index contributed by atoms with van der Waals surface area (Å²) < 4.78 is 1.92. The van der Waals surface area contributed by atoms with Crippen LogP contribution < -0.4 is 5.32 Å². The zero-order valence-electron chi connectivity index (χ0n) is 11.6. The molecular formula is C17H16N2O. The van der Waals surface area contributed by atoms with Crippen molar-refractivity contribution in [2.24, 2.45) is 7.05 Å². The summed E-state index contributed by atoms with van der Waals surface area (Å²) in [6.07, 6.45) is 0. The van der Waals surface area contributed by atoms with Crippen LogP contribution in [-0.4, -0.2) is 10.5 Å². The molecule has 0 atom stereocenters. The van der Waals surface area contributed by atoms with Crippen LogP contribution in [0, 0.1) is 6.92 Å². The molecule has 0 radical (unpaired) electrons. The van der Waals surface area contributed by atoms with E-state index in [9.17, 15) is 4.79 Å². The minimum absolute atomic E-state index is 0.0852. The Morgan fingerprint density at radius 2 is 1.75 bits per heavy atom. The van der Waals surface area contributed by atoms with Gasteiger partial charge in [-0.2, -0.15) is 0 Å². The first-order valence-electron chi connectivity index (χ1n) is 6.58. The van der Waals surface area contributed by atoms with Crippen molar-refractivity contribution in [2.75, 3.05) is 5.32 Å². The van der Waals surface area contributed by atoms with Crippen molar-refractivity contribution < 1.29 is 4.79 Å². The number of aryl methyl sites for hydroxylation is 2. The summed E-state index contributed by atoms with van der Waals surface area (Å²) in [7, 11) is 1.91. The van der Waals surface area contributed by atoms with Gasteiger partial charge in [-0.3, -0.25) is 4.79 Å². The van der Waals surface area contributed by atoms with Crippen LogP contribution >= 0.6 is 0 Å². The van der Waals surface area contributed by atoms with Crippen LogP contribution in [0.1, 0.15) is 16.1 Å². The maximum absolute atomic E-state index is 12.4. The summed E-state index contributed by atoms with van der Waals surface area (Å²) in [6.45, 7) is 1.98. The Labute approximate surface area is 117 Å². The fourth-order valence-electron chi connectivity index (χ4n) is 2.41. The Morgan fingerprint density at radius 1 is 1.05 bits per heavy atom. The quantitative estimate of drug-likeness (QED) is 0.751. The molecule has 3 heteroatoms. The molecule has 1 heterocycles. The van der Waals surface area contributed by atoms with Gasteiger partial charge in [-0.05, 0) is 30.7 Å². The second-order valence-corrected chi connectivity index (χ2v) is 4.92. The van der Waals surface area contributed by atoms with Crippen LogP contribution in [0.25, 0.3) is 10.9 Å². The van der Waals surface area contributed by atoms with Crippen molar-refractivity contribution in [1.29, 1.82) is 0 Å². The fourth-order valence-corrected chi connectivity index (χ4v) is 2.41. The first-order chi connectivity index (χ1) is 9.66. The number of carbonyl (C=O) groups excluding carboxylic acids is 1. The van der Waals surface area contributed by atoms with E-state index in [4.69, 9.17) is 0 Å². The normalized spacial score (nSPS) is 10.7. The number of para-hydroxylation sites is 2. The minimum atomic E-state index is -0.0852. The van der Waals surface area contributed by atoms with E-state index in [1.807, 2.05) is 73.1 Å². The molecule has 1 N–H and O–H groups in total. The molecule has 2 aromatic carbocycles. The second-order valence-electron chi connectivity index (χ2n) is 4.92. The largest absolute Gasteiger partial charge is 0.340 e. The number of anilines is 1. The molecule has 0 unspecified atom stereocenters. The topological polar surface area (TPSA) is 34.0 Å². The van der Waals surface area contributed by atoms with Crippen molar-refractivity contribution in [3.63, 3.8) is 0 Å². The molecule has 100 valence electrons. The lowest BCUT2D eigenvalue weighted by molar-refractivity contribution is 0.101. The molecule has 0 aliphatic rings. The van der Waals surface area contributed by atoms with Crippen LogP contribution in [0.5, 0.6) is 0 Å². The first kappa shape index (κ1) is 12.5. The zero-order chi connectivity index (χ0) is 14.1. The molecule has 3 aromatic rings. The van der Waals surface area contributed by atoms with E-state index < -0.39 is 0 Å². The van der Waals surface area contributed by atoms with Gasteiger partial charge >= 0.3 is 0 Å². The van der Waals surface area contributed by atoms with Gasteiger partial charge in [-0.25, -0.2) is 0 Å². The number of nitrogens with zero attached hydrogens (tertiary/aromatic N) is 1. The van der Waals surface area contributed by atoms with E-state index in [1.54, 1.807) is 0 Å². The number of fused-ring (bicyclic) bond motifs is 1. The number of carbonyl (C=O) groups is 1. The molecule has 0 bridgehead atoms. The lowest BCUT2D eigenvalue weighted by Crippen LogP contribution is -2.16. The third kappa shape index (κ3) is 2.07. The molecule has 20 heavy (non-hydrogen) atoms. The van der Waals surface area contributed by atoms with E-state index in [-0.39, 0.29) is 5.91 Å². The number of amides is 1. The first-order valence-corrected chi connectivity index (χ1v) is 6.58. The molecule has 1 aromatic heterocycles. The molecule has 0 saturated carbocycles. The van der Waals surface area contributed by atoms with E-state index in [0.717, 1.165) is 22.2 Å². The van der Waals surface area contributed by atoms with E-state index >= 15 is 0 Å². The number of aromatic nitrogens is 1. The lowest BCUT2D eigenvalue weighted by atomic mass is 10.2. The van der Waals surface area contributed by atoms with Crippen molar-refractivity contribution >= 4 is 22.5 Å². The van der Waals surface area contributed by atoms with Crippen molar-refractivity contribution in [3.05, 3.63) is 65.9 Å². The van der Waals surface area contributed by atoms with Crippen molar-refractivity contribution in [3.8, 4) is 0 Å². The number of hydrogen-bond acceptors (Lipinski definition) is 1. The van der Waals surface area contributed by atoms with Crippen LogP contribution in [0.2, 0.25) is 0 Å². The van der Waals surface area contributed by atoms with Gasteiger partial charge in [0.1, 0.15) is 5.69 Å². The van der Waals surface area contributed by atoms with Gasteiger partial charge in [0.2, 0.25) is 0 Å². The highest BCUT2D eigenvalue weighted by atomic mass is 16.1. The Bertz CT molecular complexity index is 787. The van der Waals surface area contributed by atoms with Gasteiger partial charge in [0, 0.05) is 23.6 Å². The van der Waals surface area contributed by atoms with Crippen LogP contribution in [0.15, 0.2) is 54.6 Å². The zero-order valence-corrected chi connectivity index (χ0v) is 11.6. The molecular weight excluding hydrogens is 248 g/mol. The predicted octanol–water partition coefficient (Wildman–Crippen LogP) is 3.74. The van der Waals surface area contributed by atoms with Crippen LogP contribution in [0.4, 0.5) is 5.69 Å². The summed E-state index contributed by atoms with van der Waals surface area (Å²) in [4.78, 5) is 12.4. The van der Waals surface area contributed by atoms with E-state index in [1.165, 1.54) is 0 Å². The molecule has 3 rings (SSSR count). The van der Waals surface area contributed by atoms with Gasteiger partial charge in [0.15, 0.2) is 0 Å².